The van der Waals surface area contributed by atoms with Crippen LogP contribution in [0.15, 0.2) is 17.3 Å². The summed E-state index contributed by atoms with van der Waals surface area (Å²) in [6, 6.07) is -0.0879. The van der Waals surface area contributed by atoms with E-state index in [-0.39, 0.29) is 10.9 Å². The summed E-state index contributed by atoms with van der Waals surface area (Å²) in [6.45, 7) is 8.27. The van der Waals surface area contributed by atoms with Crippen molar-refractivity contribution in [3.05, 3.63) is 12.4 Å². The largest absolute Gasteiger partial charge is 0.315 e. The van der Waals surface area contributed by atoms with E-state index < -0.39 is 10.0 Å². The number of hydrogen-bond acceptors (Lipinski definition) is 5. The molecule has 20 heavy (non-hydrogen) atoms. The molecular weight excluding hydrogens is 296 g/mol. The Kier molecular flexibility index (Phi) is 7.57. The van der Waals surface area contributed by atoms with Gasteiger partial charge in [-0.15, -0.1) is 0 Å². The molecule has 0 aliphatic heterocycles. The maximum absolute atomic E-state index is 12.2. The quantitative estimate of drug-likeness (QED) is 0.627. The Morgan fingerprint density at radius 2 is 2.20 bits per heavy atom. The maximum Gasteiger partial charge on any atom is 0.243 e. The summed E-state index contributed by atoms with van der Waals surface area (Å²) in [6.07, 6.45) is 2.97. The zero-order valence-electron chi connectivity index (χ0n) is 12.3. The molecule has 1 unspecified atom stereocenters. The summed E-state index contributed by atoms with van der Waals surface area (Å²) in [5.74, 6) is 1.75. The molecule has 1 heterocycles. The summed E-state index contributed by atoms with van der Waals surface area (Å²) in [7, 11) is -3.47. The second kappa shape index (κ2) is 8.66. The number of nitrogens with zero attached hydrogens (tertiary/aromatic N) is 2. The first-order valence-corrected chi connectivity index (χ1v) is 9.46. The number of aromatic nitrogens is 2. The van der Waals surface area contributed by atoms with E-state index in [1.165, 1.54) is 6.20 Å². The van der Waals surface area contributed by atoms with Gasteiger partial charge >= 0.3 is 0 Å². The predicted molar refractivity (Wildman–Crippen MR) is 83.6 cm³/mol. The van der Waals surface area contributed by atoms with Gasteiger partial charge < -0.3 is 5.32 Å². The first-order chi connectivity index (χ1) is 9.49. The Balaban J connectivity index is 2.59. The normalized spacial score (nSPS) is 13.6. The third-order valence-corrected chi connectivity index (χ3v) is 5.30. The van der Waals surface area contributed by atoms with Crippen LogP contribution in [-0.4, -0.2) is 48.8 Å². The molecule has 0 amide bonds. The molecule has 0 spiro atoms. The van der Waals surface area contributed by atoms with Gasteiger partial charge in [-0.1, -0.05) is 13.8 Å². The summed E-state index contributed by atoms with van der Waals surface area (Å²) in [4.78, 5) is 0.224. The van der Waals surface area contributed by atoms with Crippen LogP contribution in [0.4, 0.5) is 0 Å². The predicted octanol–water partition coefficient (Wildman–Crippen LogP) is 0.913. The van der Waals surface area contributed by atoms with Crippen LogP contribution >= 0.6 is 11.8 Å². The van der Waals surface area contributed by atoms with Crippen LogP contribution in [0, 0.1) is 0 Å². The molecule has 0 fully saturated rings. The molecule has 1 atom stereocenters. The van der Waals surface area contributed by atoms with Crippen molar-refractivity contribution in [3.63, 3.8) is 0 Å². The molecule has 6 nitrogen and oxygen atoms in total. The third-order valence-electron chi connectivity index (χ3n) is 2.62. The lowest BCUT2D eigenvalue weighted by molar-refractivity contribution is 0.561. The van der Waals surface area contributed by atoms with Gasteiger partial charge in [-0.2, -0.15) is 16.9 Å². The van der Waals surface area contributed by atoms with Crippen molar-refractivity contribution in [1.29, 1.82) is 0 Å². The fourth-order valence-electron chi connectivity index (χ4n) is 1.64. The molecule has 8 heteroatoms. The van der Waals surface area contributed by atoms with Gasteiger partial charge in [0, 0.05) is 24.5 Å². The zero-order valence-corrected chi connectivity index (χ0v) is 13.9. The van der Waals surface area contributed by atoms with E-state index in [1.807, 2.05) is 13.8 Å². The average molecular weight is 320 g/mol. The highest BCUT2D eigenvalue weighted by Crippen LogP contribution is 2.09. The molecule has 0 radical (unpaired) electrons. The van der Waals surface area contributed by atoms with Crippen LogP contribution in [0.25, 0.3) is 0 Å². The molecule has 0 bridgehead atoms. The van der Waals surface area contributed by atoms with E-state index in [0.29, 0.717) is 6.54 Å². The Hall–Kier alpha value is -0.570. The lowest BCUT2D eigenvalue weighted by Gasteiger charge is -2.12. The van der Waals surface area contributed by atoms with Crippen LogP contribution < -0.4 is 10.0 Å². The highest BCUT2D eigenvalue weighted by Gasteiger charge is 2.19. The Bertz CT molecular complexity index is 487. The van der Waals surface area contributed by atoms with Crippen LogP contribution in [0.1, 0.15) is 20.8 Å². The number of sulfonamides is 1. The summed E-state index contributed by atoms with van der Waals surface area (Å²) < 4.78 is 28.6. The molecule has 0 aromatic carbocycles. The van der Waals surface area contributed by atoms with Gasteiger partial charge in [0.05, 0.1) is 12.7 Å². The second-order valence-electron chi connectivity index (χ2n) is 4.47. The number of likely N-dealkylation sites (N-methyl/N-ethyl adjacent to an activating group) is 1. The van der Waals surface area contributed by atoms with E-state index in [4.69, 9.17) is 0 Å². The van der Waals surface area contributed by atoms with E-state index in [0.717, 1.165) is 24.6 Å². The number of hydrogen-bond donors (Lipinski definition) is 2. The van der Waals surface area contributed by atoms with Crippen molar-refractivity contribution >= 4 is 21.8 Å². The van der Waals surface area contributed by atoms with Gasteiger partial charge in [0.25, 0.3) is 0 Å². The molecule has 116 valence electrons. The lowest BCUT2D eigenvalue weighted by Crippen LogP contribution is -2.34. The molecule has 1 aromatic rings. The zero-order chi connectivity index (χ0) is 15.0. The highest BCUT2D eigenvalue weighted by atomic mass is 32.2. The first kappa shape index (κ1) is 17.5. The van der Waals surface area contributed by atoms with Gasteiger partial charge in [0.1, 0.15) is 4.90 Å². The highest BCUT2D eigenvalue weighted by molar-refractivity contribution is 7.99. The van der Waals surface area contributed by atoms with E-state index in [2.05, 4.69) is 22.1 Å². The van der Waals surface area contributed by atoms with Crippen LogP contribution in [-0.2, 0) is 16.6 Å². The molecule has 0 saturated carbocycles. The minimum absolute atomic E-state index is 0.0879. The van der Waals surface area contributed by atoms with Gasteiger partial charge in [-0.25, -0.2) is 13.1 Å². The number of rotatable bonds is 10. The summed E-state index contributed by atoms with van der Waals surface area (Å²) >= 11 is 1.71. The van der Waals surface area contributed by atoms with Gasteiger partial charge in [-0.3, -0.25) is 4.68 Å². The van der Waals surface area contributed by atoms with Crippen molar-refractivity contribution in [3.8, 4) is 0 Å². The van der Waals surface area contributed by atoms with Crippen molar-refractivity contribution < 1.29 is 8.42 Å². The molecular formula is C12H24N4O2S2. The number of thioether (sulfide) groups is 1. The smallest absolute Gasteiger partial charge is 0.243 e. The van der Waals surface area contributed by atoms with E-state index >= 15 is 0 Å². The lowest BCUT2D eigenvalue weighted by atomic mass is 10.4. The van der Waals surface area contributed by atoms with Gasteiger partial charge in [0.2, 0.25) is 10.0 Å². The summed E-state index contributed by atoms with van der Waals surface area (Å²) in [5.41, 5.74) is 0. The maximum atomic E-state index is 12.2. The van der Waals surface area contributed by atoms with Crippen LogP contribution in [0.5, 0.6) is 0 Å². The molecule has 0 aliphatic carbocycles. The fraction of sp³-hybridized carbons (Fsp3) is 0.750. The summed E-state index contributed by atoms with van der Waals surface area (Å²) in [5, 5.41) is 7.25. The van der Waals surface area contributed by atoms with E-state index in [9.17, 15) is 8.42 Å². The van der Waals surface area contributed by atoms with Gasteiger partial charge in [0.15, 0.2) is 0 Å². The Morgan fingerprint density at radius 1 is 1.45 bits per heavy atom. The molecule has 2 N–H and O–H groups in total. The van der Waals surface area contributed by atoms with Crippen molar-refractivity contribution in [1.82, 2.24) is 19.8 Å². The third kappa shape index (κ3) is 5.82. The first-order valence-electron chi connectivity index (χ1n) is 6.82. The molecule has 0 aliphatic rings. The molecule has 1 rings (SSSR count). The monoisotopic (exact) mass is 320 g/mol. The standard InChI is InChI=1S/C12H24N4O2S2/c1-4-13-6-7-16-9-12(8-14-16)20(17,18)15-11(3)10-19-5-2/h8-9,11,13,15H,4-7,10H2,1-3H3. The number of nitrogens with one attached hydrogen (secondary N) is 2. The van der Waals surface area contributed by atoms with Crippen LogP contribution in [0.3, 0.4) is 0 Å². The second-order valence-corrected chi connectivity index (χ2v) is 7.51. The minimum Gasteiger partial charge on any atom is -0.315 e. The Morgan fingerprint density at radius 3 is 2.85 bits per heavy atom. The molecule has 1 aromatic heterocycles. The minimum atomic E-state index is -3.47. The van der Waals surface area contributed by atoms with Crippen LogP contribution in [0.2, 0.25) is 0 Å². The van der Waals surface area contributed by atoms with Gasteiger partial charge in [-0.05, 0) is 19.2 Å². The van der Waals surface area contributed by atoms with Crippen molar-refractivity contribution in [2.24, 2.45) is 0 Å². The fourth-order valence-corrected chi connectivity index (χ4v) is 3.61. The topological polar surface area (TPSA) is 76.0 Å². The average Bonchev–Trinajstić information content (AvgIpc) is 2.86. The SMILES string of the molecule is CCNCCn1cc(S(=O)(=O)NC(C)CSCC)cn1. The van der Waals surface area contributed by atoms with E-state index in [1.54, 1.807) is 22.6 Å². The van der Waals surface area contributed by atoms with Crippen molar-refractivity contribution in [2.45, 2.75) is 38.3 Å². The van der Waals surface area contributed by atoms with Crippen molar-refractivity contribution in [2.75, 3.05) is 24.6 Å². The molecule has 0 saturated heterocycles. The Labute approximate surface area is 125 Å².